The molecule has 0 fully saturated rings. The van der Waals surface area contributed by atoms with E-state index in [2.05, 4.69) is 5.32 Å². The molecule has 6 nitrogen and oxygen atoms in total. The van der Waals surface area contributed by atoms with Crippen molar-refractivity contribution in [3.63, 3.8) is 0 Å². The van der Waals surface area contributed by atoms with Crippen molar-refractivity contribution in [2.45, 2.75) is 57.5 Å². The van der Waals surface area contributed by atoms with Crippen LogP contribution in [-0.2, 0) is 28.9 Å². The van der Waals surface area contributed by atoms with Gasteiger partial charge in [-0.2, -0.15) is 0 Å². The molecule has 33 heavy (non-hydrogen) atoms. The molecule has 3 aromatic rings. The molecule has 0 saturated heterocycles. The number of carboxylic acid groups (broad SMARTS) is 1. The van der Waals surface area contributed by atoms with E-state index in [1.54, 1.807) is 13.2 Å². The zero-order valence-corrected chi connectivity index (χ0v) is 18.9. The fourth-order valence-electron chi connectivity index (χ4n) is 4.97. The number of ether oxygens (including phenoxy) is 1. The third kappa shape index (κ3) is 4.58. The number of nitrogens with zero attached hydrogens (tertiary/aromatic N) is 1. The van der Waals surface area contributed by atoms with Gasteiger partial charge in [-0.3, -0.25) is 4.79 Å². The molecule has 174 valence electrons. The largest absolute Gasteiger partial charge is 0.496 e. The summed E-state index contributed by atoms with van der Waals surface area (Å²) in [5, 5.41) is 13.6. The van der Waals surface area contributed by atoms with Crippen LogP contribution in [-0.4, -0.2) is 34.7 Å². The van der Waals surface area contributed by atoms with Gasteiger partial charge in [-0.1, -0.05) is 25.1 Å². The molecule has 0 aliphatic heterocycles. The molecule has 0 radical (unpaired) electrons. The number of hydrogen-bond acceptors (Lipinski definition) is 3. The van der Waals surface area contributed by atoms with Gasteiger partial charge >= 0.3 is 5.97 Å². The minimum absolute atomic E-state index is 0.0405. The quantitative estimate of drug-likeness (QED) is 0.530. The summed E-state index contributed by atoms with van der Waals surface area (Å²) in [6.45, 7) is 1.84. The highest BCUT2D eigenvalue weighted by Gasteiger charge is 2.30. The van der Waals surface area contributed by atoms with Crippen LogP contribution >= 0.6 is 0 Å². The maximum Gasteiger partial charge on any atom is 0.326 e. The second-order valence-electron chi connectivity index (χ2n) is 8.54. The van der Waals surface area contributed by atoms with Gasteiger partial charge in [0, 0.05) is 29.1 Å². The second kappa shape index (κ2) is 9.65. The zero-order chi connectivity index (χ0) is 23.5. The number of amides is 1. The highest BCUT2D eigenvalue weighted by atomic mass is 19.1. The number of nitrogens with one attached hydrogen (secondary N) is 1. The van der Waals surface area contributed by atoms with Gasteiger partial charge in [0.1, 0.15) is 17.6 Å². The van der Waals surface area contributed by atoms with Crippen molar-refractivity contribution < 1.29 is 23.8 Å². The van der Waals surface area contributed by atoms with Gasteiger partial charge in [0.25, 0.3) is 0 Å². The van der Waals surface area contributed by atoms with E-state index in [4.69, 9.17) is 4.74 Å². The summed E-state index contributed by atoms with van der Waals surface area (Å²) in [6.07, 6.45) is 3.26. The molecule has 1 heterocycles. The van der Waals surface area contributed by atoms with Crippen LogP contribution in [0.2, 0.25) is 0 Å². The lowest BCUT2D eigenvalue weighted by Gasteiger charge is -2.26. The standard InChI is InChI=1S/C26H29FN2O4/c1-3-21(26(31)32)29-22-11-9-17(27)14-19(22)20-15-18(10-12-23(20)29)28-25(30)13-8-16-6-4-5-7-24(16)33-2/h4-7,9,11,14,18,21H,3,8,10,12-13,15H2,1-2H3,(H,28,30)(H,31,32). The van der Waals surface area contributed by atoms with Gasteiger partial charge in [-0.05, 0) is 67.5 Å². The van der Waals surface area contributed by atoms with Gasteiger partial charge < -0.3 is 19.7 Å². The number of methoxy groups -OCH3 is 1. The Labute approximate surface area is 192 Å². The Morgan fingerprint density at radius 3 is 2.79 bits per heavy atom. The van der Waals surface area contributed by atoms with Crippen molar-refractivity contribution in [1.29, 1.82) is 0 Å². The lowest BCUT2D eigenvalue weighted by molar-refractivity contribution is -0.141. The summed E-state index contributed by atoms with van der Waals surface area (Å²) in [5.74, 6) is -0.519. The first-order chi connectivity index (χ1) is 15.9. The minimum Gasteiger partial charge on any atom is -0.496 e. The monoisotopic (exact) mass is 452 g/mol. The lowest BCUT2D eigenvalue weighted by atomic mass is 9.91. The fourth-order valence-corrected chi connectivity index (χ4v) is 4.97. The number of halogens is 1. The second-order valence-corrected chi connectivity index (χ2v) is 8.54. The van der Waals surface area contributed by atoms with Gasteiger partial charge in [0.2, 0.25) is 5.91 Å². The van der Waals surface area contributed by atoms with Gasteiger partial charge in [-0.25, -0.2) is 9.18 Å². The number of aryl methyl sites for hydroxylation is 1. The molecule has 2 aromatic carbocycles. The molecule has 0 saturated carbocycles. The molecule has 1 aromatic heterocycles. The maximum absolute atomic E-state index is 14.1. The number of carboxylic acids is 1. The number of aliphatic carboxylic acids is 1. The summed E-state index contributed by atoms with van der Waals surface area (Å²) in [5.41, 5.74) is 3.59. The van der Waals surface area contributed by atoms with E-state index in [9.17, 15) is 19.1 Å². The molecule has 1 amide bonds. The van der Waals surface area contributed by atoms with Crippen LogP contribution < -0.4 is 10.1 Å². The Bertz CT molecular complexity index is 1190. The van der Waals surface area contributed by atoms with Gasteiger partial charge in [0.15, 0.2) is 0 Å². The van der Waals surface area contributed by atoms with E-state index < -0.39 is 12.0 Å². The predicted molar refractivity (Wildman–Crippen MR) is 124 cm³/mol. The molecule has 0 bridgehead atoms. The third-order valence-corrected chi connectivity index (χ3v) is 6.52. The van der Waals surface area contributed by atoms with Crippen molar-refractivity contribution in [2.24, 2.45) is 0 Å². The minimum atomic E-state index is -0.895. The van der Waals surface area contributed by atoms with Crippen LogP contribution in [0.5, 0.6) is 5.75 Å². The highest BCUT2D eigenvalue weighted by molar-refractivity contribution is 5.88. The highest BCUT2D eigenvalue weighted by Crippen LogP contribution is 2.36. The fraction of sp³-hybridized carbons (Fsp3) is 0.385. The predicted octanol–water partition coefficient (Wildman–Crippen LogP) is 4.43. The van der Waals surface area contributed by atoms with E-state index in [1.165, 1.54) is 12.1 Å². The van der Waals surface area contributed by atoms with Gasteiger partial charge in [0.05, 0.1) is 7.11 Å². The number of fused-ring (bicyclic) bond motifs is 3. The average Bonchev–Trinajstić information content (AvgIpc) is 3.11. The first-order valence-electron chi connectivity index (χ1n) is 11.4. The van der Waals surface area contributed by atoms with E-state index in [-0.39, 0.29) is 17.8 Å². The average molecular weight is 453 g/mol. The van der Waals surface area contributed by atoms with Crippen molar-refractivity contribution in [3.8, 4) is 5.75 Å². The van der Waals surface area contributed by atoms with E-state index in [0.29, 0.717) is 38.5 Å². The van der Waals surface area contributed by atoms with Crippen LogP contribution in [0.4, 0.5) is 4.39 Å². The van der Waals surface area contributed by atoms with E-state index in [1.807, 2.05) is 35.8 Å². The summed E-state index contributed by atoms with van der Waals surface area (Å²) >= 11 is 0. The number of hydrogen-bond donors (Lipinski definition) is 2. The normalized spacial score (nSPS) is 16.3. The van der Waals surface area contributed by atoms with E-state index >= 15 is 0 Å². The number of aromatic nitrogens is 1. The molecule has 4 rings (SSSR count). The van der Waals surface area contributed by atoms with Crippen molar-refractivity contribution >= 4 is 22.8 Å². The summed E-state index contributed by atoms with van der Waals surface area (Å²) in [4.78, 5) is 24.6. The topological polar surface area (TPSA) is 80.6 Å². The number of carbonyl (C=O) groups excluding carboxylic acids is 1. The lowest BCUT2D eigenvalue weighted by Crippen LogP contribution is -2.39. The SMILES string of the molecule is CCC(C(=O)O)n1c2c(c3cc(F)ccc31)CC(NC(=O)CCc1ccccc1OC)CC2. The van der Waals surface area contributed by atoms with Crippen molar-refractivity contribution in [2.75, 3.05) is 7.11 Å². The molecule has 1 aliphatic carbocycles. The molecular weight excluding hydrogens is 423 g/mol. The van der Waals surface area contributed by atoms with Crippen LogP contribution in [0, 0.1) is 5.82 Å². The Kier molecular flexibility index (Phi) is 6.67. The first kappa shape index (κ1) is 22.8. The van der Waals surface area contributed by atoms with Crippen LogP contribution in [0.1, 0.15) is 49.0 Å². The van der Waals surface area contributed by atoms with Crippen molar-refractivity contribution in [3.05, 3.63) is 65.1 Å². The summed E-state index contributed by atoms with van der Waals surface area (Å²) < 4.78 is 21.3. The maximum atomic E-state index is 14.1. The van der Waals surface area contributed by atoms with E-state index in [0.717, 1.165) is 33.5 Å². The molecule has 0 spiro atoms. The molecule has 2 N–H and O–H groups in total. The summed E-state index contributed by atoms with van der Waals surface area (Å²) in [6, 6.07) is 11.4. The molecule has 1 aliphatic rings. The van der Waals surface area contributed by atoms with Crippen LogP contribution in [0.25, 0.3) is 10.9 Å². The number of carbonyl (C=O) groups is 2. The number of rotatable bonds is 8. The number of para-hydroxylation sites is 1. The molecule has 2 unspecified atom stereocenters. The molecule has 2 atom stereocenters. The summed E-state index contributed by atoms with van der Waals surface area (Å²) in [7, 11) is 1.62. The van der Waals surface area contributed by atoms with Gasteiger partial charge in [-0.15, -0.1) is 0 Å². The van der Waals surface area contributed by atoms with Crippen LogP contribution in [0.3, 0.4) is 0 Å². The Hall–Kier alpha value is -3.35. The Morgan fingerprint density at radius 2 is 2.06 bits per heavy atom. The van der Waals surface area contributed by atoms with Crippen LogP contribution in [0.15, 0.2) is 42.5 Å². The number of benzene rings is 2. The molecular formula is C26H29FN2O4. The Balaban J connectivity index is 1.53. The zero-order valence-electron chi connectivity index (χ0n) is 18.9. The smallest absolute Gasteiger partial charge is 0.326 e. The molecule has 7 heteroatoms. The Morgan fingerprint density at radius 1 is 1.27 bits per heavy atom. The van der Waals surface area contributed by atoms with Crippen molar-refractivity contribution in [1.82, 2.24) is 9.88 Å². The third-order valence-electron chi connectivity index (χ3n) is 6.52. The first-order valence-corrected chi connectivity index (χ1v) is 11.4.